The first-order valence-corrected chi connectivity index (χ1v) is 15.0. The van der Waals surface area contributed by atoms with Crippen molar-refractivity contribution in [1.29, 1.82) is 0 Å². The molecular weight excluding hydrogens is 617 g/mol. The van der Waals surface area contributed by atoms with Gasteiger partial charge in [-0.05, 0) is 48.9 Å². The van der Waals surface area contributed by atoms with Gasteiger partial charge in [0.25, 0.3) is 0 Å². The van der Waals surface area contributed by atoms with E-state index in [-0.39, 0.29) is 24.5 Å². The van der Waals surface area contributed by atoms with Crippen molar-refractivity contribution >= 4 is 38.7 Å². The number of sulfonamides is 1. The van der Waals surface area contributed by atoms with Crippen LogP contribution in [-0.2, 0) is 21.4 Å². The number of ether oxygens (including phenoxy) is 1. The number of hydrogen-bond donors (Lipinski definition) is 2. The van der Waals surface area contributed by atoms with Crippen LogP contribution >= 0.6 is 0 Å². The number of carbonyl (C=O) groups is 1. The fourth-order valence-corrected chi connectivity index (χ4v) is 5.96. The zero-order chi connectivity index (χ0) is 32.8. The van der Waals surface area contributed by atoms with E-state index in [1.165, 1.54) is 30.0 Å². The van der Waals surface area contributed by atoms with Crippen molar-refractivity contribution in [2.24, 2.45) is 5.73 Å². The highest BCUT2D eigenvalue weighted by Gasteiger charge is 2.41. The molecule has 1 fully saturated rings. The Morgan fingerprint density at radius 3 is 2.38 bits per heavy atom. The molecule has 0 saturated carbocycles. The molecule has 0 amide bonds. The summed E-state index contributed by atoms with van der Waals surface area (Å²) in [6.45, 7) is 3.46. The molecule has 0 spiro atoms. The number of rotatable bonds is 8. The molecule has 1 aliphatic rings. The minimum atomic E-state index is -4.93. The van der Waals surface area contributed by atoms with Crippen molar-refractivity contribution in [2.75, 3.05) is 43.0 Å². The van der Waals surface area contributed by atoms with Crippen molar-refractivity contribution in [3.05, 3.63) is 72.8 Å². The highest BCUT2D eigenvalue weighted by molar-refractivity contribution is 7.89. The molecule has 1 aliphatic heterocycles. The van der Waals surface area contributed by atoms with Gasteiger partial charge in [0, 0.05) is 45.5 Å². The summed E-state index contributed by atoms with van der Waals surface area (Å²) in [5, 5.41) is 9.69. The lowest BCUT2D eigenvalue weighted by molar-refractivity contribution is -0.274. The molecule has 2 aromatic carbocycles. The average Bonchev–Trinajstić information content (AvgIpc) is 3.03. The number of benzene rings is 2. The van der Waals surface area contributed by atoms with Crippen molar-refractivity contribution in [1.82, 2.24) is 24.2 Å². The van der Waals surface area contributed by atoms with Gasteiger partial charge in [-0.1, -0.05) is 12.1 Å². The quantitative estimate of drug-likeness (QED) is 0.287. The Bertz CT molecular complexity index is 1710. The second-order valence-corrected chi connectivity index (χ2v) is 11.7. The Kier molecular flexibility index (Phi) is 10.4. The summed E-state index contributed by atoms with van der Waals surface area (Å²) in [4.78, 5) is 31.6. The number of piperazine rings is 1. The molecule has 1 saturated heterocycles. The zero-order valence-corrected chi connectivity index (χ0v) is 25.1. The summed E-state index contributed by atoms with van der Waals surface area (Å²) in [5.41, 5.74) is 8.66. The second-order valence-electron chi connectivity index (χ2n) is 9.78. The molecule has 0 aliphatic carbocycles. The molecular formula is C28H31F3N8O5S. The van der Waals surface area contributed by atoms with Gasteiger partial charge < -0.3 is 25.4 Å². The Labute approximate surface area is 257 Å². The fraction of sp³-hybridized carbons (Fsp3) is 0.321. The summed E-state index contributed by atoms with van der Waals surface area (Å²) < 4.78 is 67.6. The maximum absolute atomic E-state index is 13.1. The number of hydrogen-bond acceptors (Lipinski definition) is 11. The minimum absolute atomic E-state index is 0.101. The van der Waals surface area contributed by atoms with E-state index in [1.54, 1.807) is 4.90 Å². The number of anilines is 2. The predicted octanol–water partition coefficient (Wildman–Crippen LogP) is 2.88. The van der Waals surface area contributed by atoms with Crippen LogP contribution in [0.1, 0.15) is 12.5 Å². The molecule has 5 rings (SSSR count). The van der Waals surface area contributed by atoms with Gasteiger partial charge >= 0.3 is 12.3 Å². The van der Waals surface area contributed by atoms with Crippen LogP contribution in [-0.4, -0.2) is 89.4 Å². The van der Waals surface area contributed by atoms with Crippen LogP contribution in [0.15, 0.2) is 72.1 Å². The Balaban J connectivity index is 0.000000323. The first kappa shape index (κ1) is 33.3. The Morgan fingerprint density at radius 2 is 1.78 bits per heavy atom. The van der Waals surface area contributed by atoms with Gasteiger partial charge in [0.05, 0.1) is 17.3 Å². The number of fused-ring (bicyclic) bond motifs is 1. The van der Waals surface area contributed by atoms with Crippen LogP contribution in [0.4, 0.5) is 24.7 Å². The van der Waals surface area contributed by atoms with E-state index in [0.29, 0.717) is 23.5 Å². The average molecular weight is 649 g/mol. The van der Waals surface area contributed by atoms with E-state index in [4.69, 9.17) is 5.73 Å². The third-order valence-corrected chi connectivity index (χ3v) is 8.83. The molecule has 2 aromatic heterocycles. The van der Waals surface area contributed by atoms with E-state index < -0.39 is 34.1 Å². The molecule has 1 atom stereocenters. The molecule has 0 unspecified atom stereocenters. The number of carboxylic acid groups (broad SMARTS) is 1. The van der Waals surface area contributed by atoms with Crippen LogP contribution in [0.2, 0.25) is 0 Å². The summed E-state index contributed by atoms with van der Waals surface area (Å²) >= 11 is 0. The first-order chi connectivity index (χ1) is 21.3. The maximum Gasteiger partial charge on any atom is 0.573 e. The van der Waals surface area contributed by atoms with Gasteiger partial charge in [-0.3, -0.25) is 4.79 Å². The molecule has 3 heterocycles. The normalized spacial score (nSPS) is 15.7. The molecule has 240 valence electrons. The molecule has 17 heteroatoms. The summed E-state index contributed by atoms with van der Waals surface area (Å²) in [7, 11) is -2.24. The Morgan fingerprint density at radius 1 is 1.09 bits per heavy atom. The summed E-state index contributed by atoms with van der Waals surface area (Å²) in [5.74, 6) is -1.67. The minimum Gasteiger partial charge on any atom is -0.480 e. The second kappa shape index (κ2) is 14.0. The number of nitrogens with zero attached hydrogens (tertiary/aromatic N) is 7. The highest BCUT2D eigenvalue weighted by atomic mass is 32.2. The molecule has 4 aromatic rings. The van der Waals surface area contributed by atoms with Gasteiger partial charge in [0.15, 0.2) is 5.65 Å². The van der Waals surface area contributed by atoms with E-state index in [0.717, 1.165) is 35.1 Å². The molecule has 3 N–H and O–H groups in total. The third-order valence-electron chi connectivity index (χ3n) is 6.90. The molecule has 45 heavy (non-hydrogen) atoms. The monoisotopic (exact) mass is 648 g/mol. The van der Waals surface area contributed by atoms with Gasteiger partial charge in [0.1, 0.15) is 29.5 Å². The van der Waals surface area contributed by atoms with Crippen LogP contribution in [0, 0.1) is 0 Å². The SMILES string of the molecule is CCN(C)c1ccc(CN)cc1.O=C(O)[C@H]1CN(c2cnc3cncnc3n2)CCN1S(=O)(=O)c1ccc(OC(F)(F)F)cc1. The zero-order valence-electron chi connectivity index (χ0n) is 24.3. The van der Waals surface area contributed by atoms with E-state index in [1.807, 2.05) is 0 Å². The number of aromatic nitrogens is 4. The molecule has 13 nitrogen and oxygen atoms in total. The molecule has 0 bridgehead atoms. The van der Waals surface area contributed by atoms with E-state index >= 15 is 0 Å². The fourth-order valence-electron chi connectivity index (χ4n) is 4.39. The molecule has 0 radical (unpaired) electrons. The van der Waals surface area contributed by atoms with Crippen LogP contribution in [0.25, 0.3) is 11.2 Å². The lowest BCUT2D eigenvalue weighted by Crippen LogP contribution is -2.58. The number of alkyl halides is 3. The van der Waals surface area contributed by atoms with Crippen LogP contribution in [0.3, 0.4) is 0 Å². The lowest BCUT2D eigenvalue weighted by Gasteiger charge is -2.38. The van der Waals surface area contributed by atoms with Gasteiger partial charge in [-0.15, -0.1) is 13.2 Å². The first-order valence-electron chi connectivity index (χ1n) is 13.6. The summed E-state index contributed by atoms with van der Waals surface area (Å²) in [6, 6.07) is 10.4. The lowest BCUT2D eigenvalue weighted by atomic mass is 10.2. The van der Waals surface area contributed by atoms with Crippen molar-refractivity contribution in [3.8, 4) is 5.75 Å². The van der Waals surface area contributed by atoms with Crippen molar-refractivity contribution in [3.63, 3.8) is 0 Å². The number of carboxylic acids is 1. The topological polar surface area (TPSA) is 168 Å². The van der Waals surface area contributed by atoms with Gasteiger partial charge in [-0.25, -0.2) is 28.4 Å². The van der Waals surface area contributed by atoms with Crippen LogP contribution < -0.4 is 20.3 Å². The van der Waals surface area contributed by atoms with Crippen molar-refractivity contribution < 1.29 is 36.2 Å². The smallest absolute Gasteiger partial charge is 0.480 e. The number of halogens is 3. The third kappa shape index (κ3) is 8.31. The highest BCUT2D eigenvalue weighted by Crippen LogP contribution is 2.28. The van der Waals surface area contributed by atoms with E-state index in [2.05, 4.69) is 67.8 Å². The van der Waals surface area contributed by atoms with Gasteiger partial charge in [-0.2, -0.15) is 4.31 Å². The summed E-state index contributed by atoms with van der Waals surface area (Å²) in [6.07, 6.45) is -0.762. The Hall–Kier alpha value is -4.61. The largest absolute Gasteiger partial charge is 0.573 e. The maximum atomic E-state index is 13.1. The standard InChI is InChI=1S/C18H15F3N6O5S.C10H16N2/c19-18(20,21)32-11-1-3-12(4-2-11)33(30,31)27-6-5-26(9-14(27)17(28)29)15-8-23-13-7-22-10-24-16(13)25-15;1-3-12(2)10-6-4-9(8-11)5-7-10/h1-4,7-8,10,14H,5-6,9H2,(H,28,29);4-7H,3,8,11H2,1-2H3/t14-;/m1./s1. The van der Waals surface area contributed by atoms with E-state index in [9.17, 15) is 31.5 Å². The predicted molar refractivity (Wildman–Crippen MR) is 159 cm³/mol. The number of nitrogens with two attached hydrogens (primary N) is 1. The van der Waals surface area contributed by atoms with Crippen molar-refractivity contribution in [2.45, 2.75) is 30.8 Å². The van der Waals surface area contributed by atoms with Gasteiger partial charge in [0.2, 0.25) is 10.0 Å². The number of aliphatic carboxylic acids is 1. The van der Waals surface area contributed by atoms with Crippen LogP contribution in [0.5, 0.6) is 5.75 Å².